The monoisotopic (exact) mass is 403 g/mol. The first-order valence-electron chi connectivity index (χ1n) is 8.72. The van der Waals surface area contributed by atoms with Crippen LogP contribution in [0.5, 0.6) is 0 Å². The molecule has 12 heteroatoms. The van der Waals surface area contributed by atoms with Gasteiger partial charge < -0.3 is 37.6 Å². The Morgan fingerprint density at radius 2 is 1.61 bits per heavy atom. The Morgan fingerprint density at radius 1 is 1.04 bits per heavy atom. The van der Waals surface area contributed by atoms with E-state index in [0.29, 0.717) is 6.42 Å². The van der Waals surface area contributed by atoms with Gasteiger partial charge in [0, 0.05) is 0 Å². The number of carboxylic acid groups (broad SMARTS) is 1. The van der Waals surface area contributed by atoms with Crippen LogP contribution < -0.4 is 27.4 Å². The molecule has 0 aliphatic rings. The smallest absolute Gasteiger partial charge is 0.326 e. The van der Waals surface area contributed by atoms with Gasteiger partial charge in [-0.15, -0.1) is 0 Å². The molecule has 0 aromatic heterocycles. The number of amides is 4. The number of hydrogen-bond donors (Lipinski definition) is 7. The predicted octanol–water partition coefficient (Wildman–Crippen LogP) is -3.21. The van der Waals surface area contributed by atoms with E-state index in [1.165, 1.54) is 6.92 Å². The second kappa shape index (κ2) is 11.9. The molecule has 12 nitrogen and oxygen atoms in total. The summed E-state index contributed by atoms with van der Waals surface area (Å²) in [6.07, 6.45) is -1.20. The standard InChI is InChI=1S/C16H29N5O7/c1-4-7(2)13(21-14(25)12(18)8(3)22)15(26)19-6-11(24)20-9(16(27)28)5-10(17)23/h7-9,12-13,22H,4-6,18H2,1-3H3,(H2,17,23)(H,19,26)(H,20,24)(H,21,25)(H,27,28). The van der Waals surface area contributed by atoms with Crippen LogP contribution in [-0.2, 0) is 24.0 Å². The molecule has 0 aromatic carbocycles. The van der Waals surface area contributed by atoms with Gasteiger partial charge in [-0.25, -0.2) is 4.79 Å². The molecule has 0 aliphatic heterocycles. The van der Waals surface area contributed by atoms with E-state index in [4.69, 9.17) is 16.6 Å². The predicted molar refractivity (Wildman–Crippen MR) is 97.4 cm³/mol. The van der Waals surface area contributed by atoms with Crippen molar-refractivity contribution in [2.24, 2.45) is 17.4 Å². The van der Waals surface area contributed by atoms with E-state index in [0.717, 1.165) is 0 Å². The van der Waals surface area contributed by atoms with Crippen LogP contribution in [0.3, 0.4) is 0 Å². The quantitative estimate of drug-likeness (QED) is 0.175. The van der Waals surface area contributed by atoms with Crippen LogP contribution in [-0.4, -0.2) is 70.6 Å². The molecule has 0 fully saturated rings. The van der Waals surface area contributed by atoms with Crippen LogP contribution in [0.15, 0.2) is 0 Å². The van der Waals surface area contributed by atoms with E-state index in [2.05, 4.69) is 16.0 Å². The van der Waals surface area contributed by atoms with Crippen LogP contribution in [0.2, 0.25) is 0 Å². The number of nitrogens with one attached hydrogen (secondary N) is 3. The third-order valence-electron chi connectivity index (χ3n) is 4.08. The first-order chi connectivity index (χ1) is 12.9. The Hall–Kier alpha value is -2.73. The van der Waals surface area contributed by atoms with Gasteiger partial charge in [-0.2, -0.15) is 0 Å². The maximum Gasteiger partial charge on any atom is 0.326 e. The Labute approximate surface area is 162 Å². The average molecular weight is 403 g/mol. The second-order valence-corrected chi connectivity index (χ2v) is 6.48. The molecule has 5 unspecified atom stereocenters. The first-order valence-corrected chi connectivity index (χ1v) is 8.72. The van der Waals surface area contributed by atoms with Crippen LogP contribution in [0.4, 0.5) is 0 Å². The normalized spacial score (nSPS) is 16.0. The van der Waals surface area contributed by atoms with Crippen LogP contribution in [0.25, 0.3) is 0 Å². The lowest BCUT2D eigenvalue weighted by Gasteiger charge is -2.25. The topological polar surface area (TPSA) is 214 Å². The van der Waals surface area contributed by atoms with E-state index in [-0.39, 0.29) is 5.92 Å². The summed E-state index contributed by atoms with van der Waals surface area (Å²) in [5.41, 5.74) is 10.5. The van der Waals surface area contributed by atoms with Gasteiger partial charge in [-0.3, -0.25) is 19.2 Å². The van der Waals surface area contributed by atoms with Crippen molar-refractivity contribution in [2.75, 3.05) is 6.54 Å². The van der Waals surface area contributed by atoms with Gasteiger partial charge in [0.15, 0.2) is 0 Å². The number of aliphatic hydroxyl groups is 1. The molecule has 0 radical (unpaired) electrons. The maximum absolute atomic E-state index is 12.4. The molecule has 0 aromatic rings. The average Bonchev–Trinajstić information content (AvgIpc) is 2.61. The molecule has 4 amide bonds. The van der Waals surface area contributed by atoms with Crippen molar-refractivity contribution in [2.45, 2.75) is 57.8 Å². The summed E-state index contributed by atoms with van der Waals surface area (Å²) in [7, 11) is 0. The fourth-order valence-electron chi connectivity index (χ4n) is 2.09. The molecule has 0 saturated heterocycles. The lowest BCUT2D eigenvalue weighted by atomic mass is 9.97. The van der Waals surface area contributed by atoms with Gasteiger partial charge in [-0.05, 0) is 12.8 Å². The van der Waals surface area contributed by atoms with Gasteiger partial charge in [0.25, 0.3) is 0 Å². The van der Waals surface area contributed by atoms with Crippen molar-refractivity contribution in [3.63, 3.8) is 0 Å². The third kappa shape index (κ3) is 8.77. The van der Waals surface area contributed by atoms with Gasteiger partial charge in [0.05, 0.1) is 19.1 Å². The maximum atomic E-state index is 12.4. The first kappa shape index (κ1) is 25.3. The molecule has 0 heterocycles. The molecule has 0 spiro atoms. The van der Waals surface area contributed by atoms with E-state index >= 15 is 0 Å². The minimum absolute atomic E-state index is 0.310. The summed E-state index contributed by atoms with van der Waals surface area (Å²) in [6, 6.07) is -3.76. The summed E-state index contributed by atoms with van der Waals surface area (Å²) in [5, 5.41) is 25.1. The van der Waals surface area contributed by atoms with Crippen molar-refractivity contribution in [3.8, 4) is 0 Å². The second-order valence-electron chi connectivity index (χ2n) is 6.48. The number of rotatable bonds is 12. The Balaban J connectivity index is 4.90. The largest absolute Gasteiger partial charge is 0.480 e. The molecular weight excluding hydrogens is 374 g/mol. The number of primary amides is 1. The number of nitrogens with two attached hydrogens (primary N) is 2. The van der Waals surface area contributed by atoms with Crippen LogP contribution >= 0.6 is 0 Å². The van der Waals surface area contributed by atoms with Gasteiger partial charge in [0.2, 0.25) is 23.6 Å². The molecule has 160 valence electrons. The summed E-state index contributed by atoms with van der Waals surface area (Å²) in [6.45, 7) is 4.25. The number of hydrogen-bond acceptors (Lipinski definition) is 7. The summed E-state index contributed by atoms with van der Waals surface area (Å²) < 4.78 is 0. The van der Waals surface area contributed by atoms with Gasteiger partial charge in [-0.1, -0.05) is 20.3 Å². The van der Waals surface area contributed by atoms with Gasteiger partial charge in [0.1, 0.15) is 18.1 Å². The molecule has 5 atom stereocenters. The molecule has 28 heavy (non-hydrogen) atoms. The fourth-order valence-corrected chi connectivity index (χ4v) is 2.09. The molecule has 9 N–H and O–H groups in total. The molecule has 0 saturated carbocycles. The van der Waals surface area contributed by atoms with Crippen molar-refractivity contribution in [3.05, 3.63) is 0 Å². The number of carbonyl (C=O) groups excluding carboxylic acids is 4. The van der Waals surface area contributed by atoms with Crippen molar-refractivity contribution in [1.82, 2.24) is 16.0 Å². The number of carboxylic acids is 1. The summed E-state index contributed by atoms with van der Waals surface area (Å²) >= 11 is 0. The van der Waals surface area contributed by atoms with Gasteiger partial charge >= 0.3 is 5.97 Å². The number of carbonyl (C=O) groups is 5. The van der Waals surface area contributed by atoms with E-state index in [1.54, 1.807) is 13.8 Å². The van der Waals surface area contributed by atoms with Crippen LogP contribution in [0.1, 0.15) is 33.6 Å². The highest BCUT2D eigenvalue weighted by Gasteiger charge is 2.30. The van der Waals surface area contributed by atoms with E-state index < -0.39 is 66.8 Å². The zero-order valence-electron chi connectivity index (χ0n) is 16.1. The molecular formula is C16H29N5O7. The Kier molecular flexibility index (Phi) is 10.7. The highest BCUT2D eigenvalue weighted by molar-refractivity contribution is 5.93. The summed E-state index contributed by atoms with van der Waals surface area (Å²) in [5.74, 6) is -4.93. The zero-order valence-corrected chi connectivity index (χ0v) is 16.1. The Bertz CT molecular complexity index is 596. The minimum Gasteiger partial charge on any atom is -0.480 e. The van der Waals surface area contributed by atoms with Crippen molar-refractivity contribution >= 4 is 29.6 Å². The van der Waals surface area contributed by atoms with E-state index in [1.807, 2.05) is 0 Å². The Morgan fingerprint density at radius 3 is 2.04 bits per heavy atom. The molecule has 0 bridgehead atoms. The zero-order chi connectivity index (χ0) is 22.0. The SMILES string of the molecule is CCC(C)C(NC(=O)C(N)C(C)O)C(=O)NCC(=O)NC(CC(N)=O)C(=O)O. The van der Waals surface area contributed by atoms with Crippen LogP contribution in [0, 0.1) is 5.92 Å². The molecule has 0 rings (SSSR count). The van der Waals surface area contributed by atoms with Crippen molar-refractivity contribution in [1.29, 1.82) is 0 Å². The minimum atomic E-state index is -1.52. The third-order valence-corrected chi connectivity index (χ3v) is 4.08. The highest BCUT2D eigenvalue weighted by atomic mass is 16.4. The highest BCUT2D eigenvalue weighted by Crippen LogP contribution is 2.08. The van der Waals surface area contributed by atoms with Crippen molar-refractivity contribution < 1.29 is 34.2 Å². The fraction of sp³-hybridized carbons (Fsp3) is 0.688. The summed E-state index contributed by atoms with van der Waals surface area (Å²) in [4.78, 5) is 58.1. The lowest BCUT2D eigenvalue weighted by Crippen LogP contribution is -2.57. The lowest BCUT2D eigenvalue weighted by molar-refractivity contribution is -0.143. The molecule has 0 aliphatic carbocycles. The number of aliphatic hydroxyl groups excluding tert-OH is 1. The van der Waals surface area contributed by atoms with E-state index in [9.17, 15) is 29.1 Å². The number of aliphatic carboxylic acids is 1.